The standard InChI is InChI=1S/C13H19N5/c1-3-4-12-9-13(16-10-15-12)14-7-5-11-6-8-18(2)17-11/h6,8-10H,3-5,7H2,1-2H3,(H,14,15,16). The van der Waals surface area contributed by atoms with Crippen LogP contribution < -0.4 is 5.32 Å². The number of hydrogen-bond donors (Lipinski definition) is 1. The number of nitrogens with one attached hydrogen (secondary N) is 1. The van der Waals surface area contributed by atoms with Crippen molar-refractivity contribution >= 4 is 5.82 Å². The molecule has 0 bridgehead atoms. The zero-order chi connectivity index (χ0) is 12.8. The minimum atomic E-state index is 0.833. The first-order chi connectivity index (χ1) is 8.78. The molecule has 0 aliphatic rings. The van der Waals surface area contributed by atoms with Crippen LogP contribution in [-0.2, 0) is 19.9 Å². The van der Waals surface area contributed by atoms with Gasteiger partial charge in [-0.05, 0) is 12.5 Å². The molecular formula is C13H19N5. The molecule has 2 heterocycles. The van der Waals surface area contributed by atoms with Gasteiger partial charge >= 0.3 is 0 Å². The Bertz CT molecular complexity index is 492. The van der Waals surface area contributed by atoms with Gasteiger partial charge in [-0.15, -0.1) is 0 Å². The molecular weight excluding hydrogens is 226 g/mol. The predicted molar refractivity (Wildman–Crippen MR) is 71.4 cm³/mol. The second-order valence-corrected chi connectivity index (χ2v) is 4.30. The van der Waals surface area contributed by atoms with E-state index < -0.39 is 0 Å². The fraction of sp³-hybridized carbons (Fsp3) is 0.462. The largest absolute Gasteiger partial charge is 0.370 e. The van der Waals surface area contributed by atoms with Gasteiger partial charge in [0.25, 0.3) is 0 Å². The van der Waals surface area contributed by atoms with E-state index >= 15 is 0 Å². The second-order valence-electron chi connectivity index (χ2n) is 4.30. The van der Waals surface area contributed by atoms with Crippen LogP contribution in [0.25, 0.3) is 0 Å². The molecule has 96 valence electrons. The second kappa shape index (κ2) is 6.14. The van der Waals surface area contributed by atoms with Gasteiger partial charge in [0.1, 0.15) is 12.1 Å². The van der Waals surface area contributed by atoms with Crippen LogP contribution in [0.1, 0.15) is 24.7 Å². The maximum absolute atomic E-state index is 4.33. The monoisotopic (exact) mass is 245 g/mol. The molecule has 0 fully saturated rings. The van der Waals surface area contributed by atoms with Crippen molar-refractivity contribution < 1.29 is 0 Å². The van der Waals surface area contributed by atoms with Crippen molar-refractivity contribution in [2.75, 3.05) is 11.9 Å². The fourth-order valence-corrected chi connectivity index (χ4v) is 1.80. The van der Waals surface area contributed by atoms with Gasteiger partial charge in [0.05, 0.1) is 5.69 Å². The molecule has 0 aliphatic carbocycles. The summed E-state index contributed by atoms with van der Waals surface area (Å²) in [6.07, 6.45) is 6.57. The maximum Gasteiger partial charge on any atom is 0.129 e. The van der Waals surface area contributed by atoms with E-state index in [1.54, 1.807) is 6.33 Å². The molecule has 0 amide bonds. The first-order valence-corrected chi connectivity index (χ1v) is 6.31. The third-order valence-electron chi connectivity index (χ3n) is 2.69. The van der Waals surface area contributed by atoms with Crippen LogP contribution >= 0.6 is 0 Å². The minimum Gasteiger partial charge on any atom is -0.370 e. The van der Waals surface area contributed by atoms with E-state index in [2.05, 4.69) is 27.3 Å². The molecule has 0 atom stereocenters. The van der Waals surface area contributed by atoms with Crippen molar-refractivity contribution in [3.63, 3.8) is 0 Å². The Labute approximate surface area is 107 Å². The lowest BCUT2D eigenvalue weighted by Crippen LogP contribution is -2.07. The van der Waals surface area contributed by atoms with E-state index in [0.717, 1.165) is 43.0 Å². The van der Waals surface area contributed by atoms with Gasteiger partial charge in [-0.25, -0.2) is 9.97 Å². The molecule has 0 radical (unpaired) electrons. The number of rotatable bonds is 6. The van der Waals surface area contributed by atoms with E-state index in [0.29, 0.717) is 0 Å². The lowest BCUT2D eigenvalue weighted by molar-refractivity contribution is 0.741. The maximum atomic E-state index is 4.33. The normalized spacial score (nSPS) is 10.6. The third-order valence-corrected chi connectivity index (χ3v) is 2.69. The highest BCUT2D eigenvalue weighted by atomic mass is 15.2. The van der Waals surface area contributed by atoms with Crippen LogP contribution in [0.5, 0.6) is 0 Å². The van der Waals surface area contributed by atoms with Gasteiger partial charge in [-0.2, -0.15) is 5.10 Å². The van der Waals surface area contributed by atoms with Crippen LogP contribution in [0.4, 0.5) is 5.82 Å². The third kappa shape index (κ3) is 3.55. The van der Waals surface area contributed by atoms with Crippen LogP contribution in [0.3, 0.4) is 0 Å². The first-order valence-electron chi connectivity index (χ1n) is 6.31. The Morgan fingerprint density at radius 2 is 2.11 bits per heavy atom. The average Bonchev–Trinajstić information content (AvgIpc) is 2.76. The molecule has 0 unspecified atom stereocenters. The van der Waals surface area contributed by atoms with E-state index in [4.69, 9.17) is 0 Å². The molecule has 18 heavy (non-hydrogen) atoms. The summed E-state index contributed by atoms with van der Waals surface area (Å²) >= 11 is 0. The van der Waals surface area contributed by atoms with Gasteiger partial charge < -0.3 is 5.32 Å². The Morgan fingerprint density at radius 3 is 2.83 bits per heavy atom. The van der Waals surface area contributed by atoms with Crippen molar-refractivity contribution in [2.24, 2.45) is 7.05 Å². The highest BCUT2D eigenvalue weighted by Gasteiger charge is 1.99. The number of anilines is 1. The average molecular weight is 245 g/mol. The van der Waals surface area contributed by atoms with Gasteiger partial charge in [0.15, 0.2) is 0 Å². The van der Waals surface area contributed by atoms with Gasteiger partial charge in [0, 0.05) is 38.0 Å². The van der Waals surface area contributed by atoms with Gasteiger partial charge in [-0.3, -0.25) is 4.68 Å². The summed E-state index contributed by atoms with van der Waals surface area (Å²) < 4.78 is 1.82. The van der Waals surface area contributed by atoms with Crippen LogP contribution in [0.2, 0.25) is 0 Å². The van der Waals surface area contributed by atoms with E-state index in [9.17, 15) is 0 Å². The molecule has 0 aliphatic heterocycles. The Hall–Kier alpha value is -1.91. The van der Waals surface area contributed by atoms with E-state index in [-0.39, 0.29) is 0 Å². The lowest BCUT2D eigenvalue weighted by Gasteiger charge is -2.05. The van der Waals surface area contributed by atoms with Crippen molar-refractivity contribution in [3.8, 4) is 0 Å². The van der Waals surface area contributed by atoms with Crippen molar-refractivity contribution in [1.82, 2.24) is 19.7 Å². The summed E-state index contributed by atoms with van der Waals surface area (Å²) in [7, 11) is 1.93. The summed E-state index contributed by atoms with van der Waals surface area (Å²) in [4.78, 5) is 8.44. The van der Waals surface area contributed by atoms with Crippen molar-refractivity contribution in [3.05, 3.63) is 36.0 Å². The highest BCUT2D eigenvalue weighted by Crippen LogP contribution is 2.06. The molecule has 2 aromatic heterocycles. The predicted octanol–water partition coefficient (Wildman–Crippen LogP) is 1.82. The van der Waals surface area contributed by atoms with E-state index in [1.807, 2.05) is 30.1 Å². The highest BCUT2D eigenvalue weighted by molar-refractivity contribution is 5.34. The molecule has 5 nitrogen and oxygen atoms in total. The number of aryl methyl sites for hydroxylation is 2. The Morgan fingerprint density at radius 1 is 1.22 bits per heavy atom. The fourth-order valence-electron chi connectivity index (χ4n) is 1.80. The molecule has 0 spiro atoms. The smallest absolute Gasteiger partial charge is 0.129 e. The van der Waals surface area contributed by atoms with Crippen molar-refractivity contribution in [1.29, 1.82) is 0 Å². The summed E-state index contributed by atoms with van der Waals surface area (Å²) in [6.45, 7) is 2.98. The van der Waals surface area contributed by atoms with E-state index in [1.165, 1.54) is 0 Å². The van der Waals surface area contributed by atoms with Crippen molar-refractivity contribution in [2.45, 2.75) is 26.2 Å². The molecule has 2 aromatic rings. The van der Waals surface area contributed by atoms with Crippen LogP contribution in [0.15, 0.2) is 24.7 Å². The van der Waals surface area contributed by atoms with Crippen LogP contribution in [0, 0.1) is 0 Å². The summed E-state index contributed by atoms with van der Waals surface area (Å²) in [5, 5.41) is 7.63. The topological polar surface area (TPSA) is 55.6 Å². The molecule has 1 N–H and O–H groups in total. The zero-order valence-electron chi connectivity index (χ0n) is 10.9. The SMILES string of the molecule is CCCc1cc(NCCc2ccn(C)n2)ncn1. The number of aromatic nitrogens is 4. The zero-order valence-corrected chi connectivity index (χ0v) is 10.9. The lowest BCUT2D eigenvalue weighted by atomic mass is 10.2. The number of hydrogen-bond acceptors (Lipinski definition) is 4. The van der Waals surface area contributed by atoms with Gasteiger partial charge in [0.2, 0.25) is 0 Å². The first kappa shape index (κ1) is 12.5. The Balaban J connectivity index is 1.84. The molecule has 2 rings (SSSR count). The molecule has 0 saturated carbocycles. The summed E-state index contributed by atoms with van der Waals surface area (Å²) in [6, 6.07) is 4.05. The quantitative estimate of drug-likeness (QED) is 0.843. The Kier molecular flexibility index (Phi) is 4.28. The molecule has 0 aromatic carbocycles. The summed E-state index contributed by atoms with van der Waals surface area (Å²) in [5.74, 6) is 0.893. The molecule has 0 saturated heterocycles. The van der Waals surface area contributed by atoms with Crippen LogP contribution in [-0.4, -0.2) is 26.3 Å². The molecule has 5 heteroatoms. The summed E-state index contributed by atoms with van der Waals surface area (Å²) in [5.41, 5.74) is 2.18. The minimum absolute atomic E-state index is 0.833. The number of nitrogens with zero attached hydrogens (tertiary/aromatic N) is 4. The van der Waals surface area contributed by atoms with Gasteiger partial charge in [-0.1, -0.05) is 13.3 Å².